The summed E-state index contributed by atoms with van der Waals surface area (Å²) in [6.45, 7) is 14.3. The van der Waals surface area contributed by atoms with Crippen molar-refractivity contribution in [1.82, 2.24) is 9.80 Å². The highest BCUT2D eigenvalue weighted by atomic mass is 16.6. The van der Waals surface area contributed by atoms with Crippen LogP contribution in [0.1, 0.15) is 65.4 Å². The van der Waals surface area contributed by atoms with Crippen molar-refractivity contribution in [2.75, 3.05) is 26.2 Å². The van der Waals surface area contributed by atoms with Gasteiger partial charge in [0.15, 0.2) is 0 Å². The van der Waals surface area contributed by atoms with Gasteiger partial charge in [0, 0.05) is 30.5 Å². The van der Waals surface area contributed by atoms with E-state index < -0.39 is 5.60 Å². The number of carbonyl (C=O) groups is 1. The zero-order chi connectivity index (χ0) is 19.7. The van der Waals surface area contributed by atoms with E-state index in [1.807, 2.05) is 20.8 Å². The summed E-state index contributed by atoms with van der Waals surface area (Å²) in [5.41, 5.74) is 1.14. The highest BCUT2D eigenvalue weighted by molar-refractivity contribution is 5.69. The highest BCUT2D eigenvalue weighted by Gasteiger charge is 2.52. The van der Waals surface area contributed by atoms with Crippen molar-refractivity contribution in [3.05, 3.63) is 35.9 Å². The standard InChI is InChI=1S/C23H36N2O2/c1-6-24(7-2)16-23(13-14-23)17-25(21(26)27-22(3,4)5)20-15-19(20)18-11-9-8-10-12-18/h8-12,19-20H,6-7,13-17H2,1-5H3/t19?,20-/m0/s1. The smallest absolute Gasteiger partial charge is 0.410 e. The van der Waals surface area contributed by atoms with Crippen LogP contribution < -0.4 is 0 Å². The van der Waals surface area contributed by atoms with Gasteiger partial charge in [-0.15, -0.1) is 0 Å². The van der Waals surface area contributed by atoms with Crippen molar-refractivity contribution in [3.8, 4) is 0 Å². The minimum absolute atomic E-state index is 0.142. The molecule has 0 bridgehead atoms. The van der Waals surface area contributed by atoms with Crippen molar-refractivity contribution in [2.24, 2.45) is 5.41 Å². The Hall–Kier alpha value is -1.55. The van der Waals surface area contributed by atoms with Gasteiger partial charge in [-0.05, 0) is 58.7 Å². The van der Waals surface area contributed by atoms with Crippen LogP contribution in [0, 0.1) is 5.41 Å². The summed E-state index contributed by atoms with van der Waals surface area (Å²) < 4.78 is 5.79. The van der Waals surface area contributed by atoms with Gasteiger partial charge >= 0.3 is 6.09 Å². The van der Waals surface area contributed by atoms with Crippen LogP contribution in [0.15, 0.2) is 30.3 Å². The molecule has 1 aromatic carbocycles. The Morgan fingerprint density at radius 2 is 1.74 bits per heavy atom. The van der Waals surface area contributed by atoms with Crippen LogP contribution in [0.2, 0.25) is 0 Å². The lowest BCUT2D eigenvalue weighted by Gasteiger charge is -2.33. The third-order valence-electron chi connectivity index (χ3n) is 5.93. The first-order valence-electron chi connectivity index (χ1n) is 10.5. The van der Waals surface area contributed by atoms with Crippen molar-refractivity contribution in [3.63, 3.8) is 0 Å². The van der Waals surface area contributed by atoms with Gasteiger partial charge in [0.05, 0.1) is 0 Å². The quantitative estimate of drug-likeness (QED) is 0.650. The van der Waals surface area contributed by atoms with E-state index in [-0.39, 0.29) is 17.6 Å². The van der Waals surface area contributed by atoms with E-state index >= 15 is 0 Å². The van der Waals surface area contributed by atoms with E-state index in [9.17, 15) is 4.79 Å². The number of hydrogen-bond acceptors (Lipinski definition) is 3. The van der Waals surface area contributed by atoms with Crippen molar-refractivity contribution >= 4 is 6.09 Å². The Morgan fingerprint density at radius 3 is 2.26 bits per heavy atom. The average Bonchev–Trinajstić information content (AvgIpc) is 3.53. The van der Waals surface area contributed by atoms with Crippen LogP contribution in [-0.2, 0) is 4.74 Å². The molecule has 4 heteroatoms. The number of ether oxygens (including phenoxy) is 1. The number of hydrogen-bond donors (Lipinski definition) is 0. The molecular formula is C23H36N2O2. The summed E-state index contributed by atoms with van der Waals surface area (Å²) in [5.74, 6) is 0.447. The summed E-state index contributed by atoms with van der Waals surface area (Å²) in [4.78, 5) is 17.6. The maximum absolute atomic E-state index is 13.0. The van der Waals surface area contributed by atoms with E-state index in [1.54, 1.807) is 0 Å². The predicted molar refractivity (Wildman–Crippen MR) is 110 cm³/mol. The molecule has 4 nitrogen and oxygen atoms in total. The van der Waals surface area contributed by atoms with Crippen LogP contribution in [0.25, 0.3) is 0 Å². The van der Waals surface area contributed by atoms with E-state index in [0.717, 1.165) is 32.6 Å². The molecule has 0 saturated heterocycles. The molecule has 1 aromatic rings. The lowest BCUT2D eigenvalue weighted by Crippen LogP contribution is -2.44. The zero-order valence-corrected chi connectivity index (χ0v) is 17.7. The fourth-order valence-electron chi connectivity index (χ4n) is 4.05. The van der Waals surface area contributed by atoms with Gasteiger partial charge in [0.1, 0.15) is 5.60 Å². The SMILES string of the molecule is CCN(CC)CC1(CN(C(=O)OC(C)(C)C)[C@H]2CC2c2ccccc2)CC1. The van der Waals surface area contributed by atoms with Crippen LogP contribution in [0.5, 0.6) is 0 Å². The average molecular weight is 373 g/mol. The number of benzene rings is 1. The molecule has 1 unspecified atom stereocenters. The Kier molecular flexibility index (Phi) is 5.85. The molecule has 0 heterocycles. The van der Waals surface area contributed by atoms with Crippen molar-refractivity contribution in [2.45, 2.75) is 71.4 Å². The van der Waals surface area contributed by atoms with Crippen molar-refractivity contribution < 1.29 is 9.53 Å². The summed E-state index contributed by atoms with van der Waals surface area (Å²) >= 11 is 0. The van der Waals surface area contributed by atoms with Crippen LogP contribution in [0.4, 0.5) is 4.79 Å². The molecule has 2 fully saturated rings. The Balaban J connectivity index is 1.72. The summed E-state index contributed by atoms with van der Waals surface area (Å²) in [5, 5.41) is 0. The molecule has 2 atom stereocenters. The lowest BCUT2D eigenvalue weighted by molar-refractivity contribution is 0.0172. The van der Waals surface area contributed by atoms with Gasteiger partial charge in [-0.25, -0.2) is 4.79 Å². The largest absolute Gasteiger partial charge is 0.444 e. The molecule has 0 aromatic heterocycles. The predicted octanol–water partition coefficient (Wildman–Crippen LogP) is 4.90. The van der Waals surface area contributed by atoms with E-state index in [4.69, 9.17) is 4.74 Å². The van der Waals surface area contributed by atoms with Gasteiger partial charge in [-0.3, -0.25) is 0 Å². The monoisotopic (exact) mass is 372 g/mol. The molecular weight excluding hydrogens is 336 g/mol. The molecule has 0 aliphatic heterocycles. The maximum Gasteiger partial charge on any atom is 0.410 e. The summed E-state index contributed by atoms with van der Waals surface area (Å²) in [6, 6.07) is 10.9. The van der Waals surface area contributed by atoms with E-state index in [2.05, 4.69) is 54.0 Å². The fraction of sp³-hybridized carbons (Fsp3) is 0.696. The third-order valence-corrected chi connectivity index (χ3v) is 5.93. The Labute approximate surface area is 164 Å². The van der Waals surface area contributed by atoms with Gasteiger partial charge in [0.2, 0.25) is 0 Å². The molecule has 2 aliphatic rings. The summed E-state index contributed by atoms with van der Waals surface area (Å²) in [6.07, 6.45) is 3.33. The van der Waals surface area contributed by atoms with Gasteiger partial charge in [-0.1, -0.05) is 44.2 Å². The first-order valence-corrected chi connectivity index (χ1v) is 10.5. The second kappa shape index (κ2) is 7.83. The Bertz CT molecular complexity index is 630. The highest BCUT2D eigenvalue weighted by Crippen LogP contribution is 2.51. The van der Waals surface area contributed by atoms with Crippen LogP contribution in [-0.4, -0.2) is 53.7 Å². The first-order chi connectivity index (χ1) is 12.8. The van der Waals surface area contributed by atoms with E-state index in [1.165, 1.54) is 18.4 Å². The lowest BCUT2D eigenvalue weighted by atomic mass is 10.0. The van der Waals surface area contributed by atoms with Crippen LogP contribution in [0.3, 0.4) is 0 Å². The van der Waals surface area contributed by atoms with E-state index in [0.29, 0.717) is 5.92 Å². The molecule has 0 radical (unpaired) electrons. The minimum Gasteiger partial charge on any atom is -0.444 e. The number of carbonyl (C=O) groups excluding carboxylic acids is 1. The topological polar surface area (TPSA) is 32.8 Å². The second-order valence-electron chi connectivity index (χ2n) is 9.39. The summed E-state index contributed by atoms with van der Waals surface area (Å²) in [7, 11) is 0. The second-order valence-corrected chi connectivity index (χ2v) is 9.39. The molecule has 2 saturated carbocycles. The van der Waals surface area contributed by atoms with Crippen LogP contribution >= 0.6 is 0 Å². The van der Waals surface area contributed by atoms with Gasteiger partial charge in [0.25, 0.3) is 0 Å². The number of amides is 1. The van der Waals surface area contributed by atoms with Crippen molar-refractivity contribution in [1.29, 1.82) is 0 Å². The number of nitrogens with zero attached hydrogens (tertiary/aromatic N) is 2. The minimum atomic E-state index is -0.456. The molecule has 1 amide bonds. The fourth-order valence-corrected chi connectivity index (χ4v) is 4.05. The zero-order valence-electron chi connectivity index (χ0n) is 17.7. The molecule has 3 rings (SSSR count). The number of rotatable bonds is 8. The van der Waals surface area contributed by atoms with Gasteiger partial charge < -0.3 is 14.5 Å². The molecule has 150 valence electrons. The third kappa shape index (κ3) is 5.25. The molecule has 0 spiro atoms. The molecule has 0 N–H and O–H groups in total. The maximum atomic E-state index is 13.0. The van der Waals surface area contributed by atoms with Gasteiger partial charge in [-0.2, -0.15) is 0 Å². The molecule has 2 aliphatic carbocycles. The molecule has 27 heavy (non-hydrogen) atoms. The first kappa shape index (κ1) is 20.2. The Morgan fingerprint density at radius 1 is 1.11 bits per heavy atom. The normalized spacial score (nSPS) is 23.2.